The Morgan fingerprint density at radius 1 is 1.29 bits per heavy atom. The highest BCUT2D eigenvalue weighted by molar-refractivity contribution is 5.03. The molecule has 0 aliphatic carbocycles. The van der Waals surface area contributed by atoms with Crippen molar-refractivity contribution in [1.29, 1.82) is 0 Å². The van der Waals surface area contributed by atoms with Crippen LogP contribution in [0.3, 0.4) is 0 Å². The molecule has 0 amide bonds. The standard InChI is InChI=1S/C14H23N3O7/c1-8-6-17(14(21)15-12(8)20)13-11(19)10(18)9(24-13)7-22-4-5-23-16(2)3/h6,9-11,13,18-19H,4-5,7H2,1-3H3,(H,15,20,21)/t9-,10?,11?,13-/m0/s1. The van der Waals surface area contributed by atoms with Gasteiger partial charge in [0, 0.05) is 25.9 Å². The van der Waals surface area contributed by atoms with Crippen LogP contribution < -0.4 is 11.2 Å². The van der Waals surface area contributed by atoms with Crippen LogP contribution in [-0.2, 0) is 14.3 Å². The first-order chi connectivity index (χ1) is 11.3. The summed E-state index contributed by atoms with van der Waals surface area (Å²) < 4.78 is 11.9. The van der Waals surface area contributed by atoms with E-state index in [9.17, 15) is 19.8 Å². The van der Waals surface area contributed by atoms with Crippen molar-refractivity contribution in [2.75, 3.05) is 33.9 Å². The summed E-state index contributed by atoms with van der Waals surface area (Å²) in [5.74, 6) is 0. The maximum atomic E-state index is 11.9. The summed E-state index contributed by atoms with van der Waals surface area (Å²) in [4.78, 5) is 30.6. The number of aliphatic hydroxyl groups excluding tert-OH is 2. The molecule has 0 radical (unpaired) electrons. The zero-order chi connectivity index (χ0) is 17.9. The fourth-order valence-electron chi connectivity index (χ4n) is 2.35. The molecule has 1 aromatic heterocycles. The number of ether oxygens (including phenoxy) is 2. The molecule has 10 heteroatoms. The number of aromatic nitrogens is 2. The fraction of sp³-hybridized carbons (Fsp3) is 0.714. The summed E-state index contributed by atoms with van der Waals surface area (Å²) in [6, 6.07) is 0. The predicted octanol–water partition coefficient (Wildman–Crippen LogP) is -2.03. The van der Waals surface area contributed by atoms with Gasteiger partial charge >= 0.3 is 5.69 Å². The van der Waals surface area contributed by atoms with E-state index in [0.29, 0.717) is 12.2 Å². The van der Waals surface area contributed by atoms with Crippen molar-refractivity contribution >= 4 is 0 Å². The van der Waals surface area contributed by atoms with Gasteiger partial charge in [-0.15, -0.1) is 0 Å². The topological polar surface area (TPSA) is 126 Å². The number of aromatic amines is 1. The lowest BCUT2D eigenvalue weighted by Crippen LogP contribution is -2.38. The van der Waals surface area contributed by atoms with Gasteiger partial charge in [0.1, 0.15) is 18.3 Å². The van der Waals surface area contributed by atoms with Gasteiger partial charge in [-0.2, -0.15) is 5.06 Å². The minimum Gasteiger partial charge on any atom is -0.387 e. The lowest BCUT2D eigenvalue weighted by molar-refractivity contribution is -0.141. The molecule has 0 aromatic carbocycles. The minimum atomic E-state index is -1.32. The molecule has 3 N–H and O–H groups in total. The van der Waals surface area contributed by atoms with Crippen molar-refractivity contribution in [2.24, 2.45) is 0 Å². The molecule has 1 aliphatic heterocycles. The van der Waals surface area contributed by atoms with Crippen LogP contribution in [0, 0.1) is 6.92 Å². The van der Waals surface area contributed by atoms with E-state index in [-0.39, 0.29) is 13.2 Å². The van der Waals surface area contributed by atoms with Crippen LogP contribution in [0.15, 0.2) is 15.8 Å². The van der Waals surface area contributed by atoms with Crippen LogP contribution in [0.5, 0.6) is 0 Å². The molecule has 4 atom stereocenters. The highest BCUT2D eigenvalue weighted by Crippen LogP contribution is 2.28. The maximum absolute atomic E-state index is 11.9. The van der Waals surface area contributed by atoms with E-state index in [4.69, 9.17) is 14.3 Å². The second-order valence-electron chi connectivity index (χ2n) is 5.75. The Labute approximate surface area is 138 Å². The summed E-state index contributed by atoms with van der Waals surface area (Å²) in [5.41, 5.74) is -0.937. The number of H-pyrrole nitrogens is 1. The zero-order valence-electron chi connectivity index (χ0n) is 13.8. The average molecular weight is 345 g/mol. The third kappa shape index (κ3) is 4.29. The Morgan fingerprint density at radius 2 is 2.00 bits per heavy atom. The number of nitrogens with zero attached hydrogens (tertiary/aromatic N) is 2. The molecule has 1 aliphatic rings. The Balaban J connectivity index is 1.99. The summed E-state index contributed by atoms with van der Waals surface area (Å²) in [6.07, 6.45) is -3.16. The van der Waals surface area contributed by atoms with Crippen molar-refractivity contribution in [3.05, 3.63) is 32.6 Å². The van der Waals surface area contributed by atoms with Crippen molar-refractivity contribution < 1.29 is 24.5 Å². The Bertz CT molecular complexity index is 657. The van der Waals surface area contributed by atoms with Gasteiger partial charge in [0.25, 0.3) is 5.56 Å². The Kier molecular flexibility index (Phi) is 6.27. The van der Waals surface area contributed by atoms with E-state index < -0.39 is 35.8 Å². The molecule has 136 valence electrons. The zero-order valence-corrected chi connectivity index (χ0v) is 13.8. The lowest BCUT2D eigenvalue weighted by atomic mass is 10.1. The number of rotatable bonds is 7. The van der Waals surface area contributed by atoms with Crippen molar-refractivity contribution in [2.45, 2.75) is 31.5 Å². The van der Waals surface area contributed by atoms with Crippen LogP contribution in [0.25, 0.3) is 0 Å². The molecule has 2 heterocycles. The second-order valence-corrected chi connectivity index (χ2v) is 5.75. The van der Waals surface area contributed by atoms with E-state index in [1.54, 1.807) is 14.1 Å². The first kappa shape index (κ1) is 18.8. The van der Waals surface area contributed by atoms with Crippen LogP contribution in [0.2, 0.25) is 0 Å². The van der Waals surface area contributed by atoms with Gasteiger partial charge in [0.2, 0.25) is 0 Å². The van der Waals surface area contributed by atoms with E-state index in [1.165, 1.54) is 18.2 Å². The van der Waals surface area contributed by atoms with Gasteiger partial charge in [-0.05, 0) is 6.92 Å². The van der Waals surface area contributed by atoms with Gasteiger partial charge in [-0.25, -0.2) is 4.79 Å². The highest BCUT2D eigenvalue weighted by atomic mass is 16.7. The lowest BCUT2D eigenvalue weighted by Gasteiger charge is -2.17. The van der Waals surface area contributed by atoms with Gasteiger partial charge in [-0.1, -0.05) is 0 Å². The molecule has 24 heavy (non-hydrogen) atoms. The molecule has 1 fully saturated rings. The molecule has 0 spiro atoms. The van der Waals surface area contributed by atoms with E-state index in [2.05, 4.69) is 4.98 Å². The predicted molar refractivity (Wildman–Crippen MR) is 82.4 cm³/mol. The largest absolute Gasteiger partial charge is 0.387 e. The third-order valence-electron chi connectivity index (χ3n) is 3.62. The van der Waals surface area contributed by atoms with Gasteiger partial charge in [0.15, 0.2) is 6.23 Å². The first-order valence-corrected chi connectivity index (χ1v) is 7.53. The highest BCUT2D eigenvalue weighted by Gasteiger charge is 2.44. The minimum absolute atomic E-state index is 0.0304. The second kappa shape index (κ2) is 8.01. The summed E-state index contributed by atoms with van der Waals surface area (Å²) >= 11 is 0. The number of hydroxylamine groups is 2. The molecule has 0 saturated carbocycles. The Hall–Kier alpha value is -1.56. The van der Waals surface area contributed by atoms with Gasteiger partial charge in [-0.3, -0.25) is 19.2 Å². The molecular weight excluding hydrogens is 322 g/mol. The molecular formula is C14H23N3O7. The van der Waals surface area contributed by atoms with Crippen molar-refractivity contribution in [3.8, 4) is 0 Å². The number of hydrogen-bond donors (Lipinski definition) is 3. The molecule has 2 rings (SSSR count). The van der Waals surface area contributed by atoms with Gasteiger partial charge < -0.3 is 19.7 Å². The number of aliphatic hydroxyl groups is 2. The molecule has 1 aromatic rings. The molecule has 2 unspecified atom stereocenters. The fourth-order valence-corrected chi connectivity index (χ4v) is 2.35. The Morgan fingerprint density at radius 3 is 2.67 bits per heavy atom. The van der Waals surface area contributed by atoms with E-state index in [1.807, 2.05) is 0 Å². The van der Waals surface area contributed by atoms with Crippen LogP contribution >= 0.6 is 0 Å². The normalized spacial score (nSPS) is 27.1. The smallest absolute Gasteiger partial charge is 0.330 e. The van der Waals surface area contributed by atoms with Crippen LogP contribution in [0.1, 0.15) is 11.8 Å². The number of hydrogen-bond acceptors (Lipinski definition) is 8. The van der Waals surface area contributed by atoms with Crippen LogP contribution in [-0.4, -0.2) is 77.1 Å². The average Bonchev–Trinajstić information content (AvgIpc) is 2.78. The monoisotopic (exact) mass is 345 g/mol. The molecule has 10 nitrogen and oxygen atoms in total. The van der Waals surface area contributed by atoms with Crippen LogP contribution in [0.4, 0.5) is 0 Å². The van der Waals surface area contributed by atoms with E-state index in [0.717, 1.165) is 4.57 Å². The summed E-state index contributed by atoms with van der Waals surface area (Å²) in [5, 5.41) is 21.7. The maximum Gasteiger partial charge on any atom is 0.330 e. The van der Waals surface area contributed by atoms with E-state index >= 15 is 0 Å². The summed E-state index contributed by atoms with van der Waals surface area (Å²) in [7, 11) is 3.49. The quantitative estimate of drug-likeness (QED) is 0.382. The molecule has 1 saturated heterocycles. The van der Waals surface area contributed by atoms with Crippen molar-refractivity contribution in [3.63, 3.8) is 0 Å². The summed E-state index contributed by atoms with van der Waals surface area (Å²) in [6.45, 7) is 2.17. The van der Waals surface area contributed by atoms with Gasteiger partial charge in [0.05, 0.1) is 19.8 Å². The third-order valence-corrected chi connectivity index (χ3v) is 3.62. The molecule has 0 bridgehead atoms. The number of nitrogens with one attached hydrogen (secondary N) is 1. The van der Waals surface area contributed by atoms with Crippen molar-refractivity contribution in [1.82, 2.24) is 14.6 Å². The first-order valence-electron chi connectivity index (χ1n) is 7.53. The SMILES string of the molecule is Cc1cn([C@H]2O[C@@H](COCCON(C)C)C(O)C2O)c(=O)[nH]c1=O. The number of aryl methyl sites for hydroxylation is 1.